The Balaban J connectivity index is 1.65. The van der Waals surface area contributed by atoms with Crippen LogP contribution < -0.4 is 4.74 Å². The number of benzene rings is 2. The molecule has 0 amide bonds. The zero-order chi connectivity index (χ0) is 24.0. The monoisotopic (exact) mass is 495 g/mol. The Morgan fingerprint density at radius 3 is 2.79 bits per heavy atom. The van der Waals surface area contributed by atoms with Gasteiger partial charge in [0, 0.05) is 35.0 Å². The molecule has 8 nitrogen and oxygen atoms in total. The molecule has 0 bridgehead atoms. The van der Waals surface area contributed by atoms with Crippen LogP contribution in [0.15, 0.2) is 41.5 Å². The lowest BCUT2D eigenvalue weighted by molar-refractivity contribution is -0.482. The standard InChI is InChI=1S/C22H20F3N3O5S/c1-2-31-21-20(33-21)28-22(34-19(26-28)15-9-13(23)3-5-17(15)25)12(7-8-27(29)30)11-32-18-6-4-14(24)10-16(18)22/h3-6,9-10,12,20-21H,2,7-8,11H2,1H3. The Kier molecular flexibility index (Phi) is 5.90. The molecule has 3 aliphatic rings. The van der Waals surface area contributed by atoms with Gasteiger partial charge in [0.2, 0.25) is 19.1 Å². The molecular formula is C22H20F3N3O5S. The number of hydrogen-bond donors (Lipinski definition) is 0. The second kappa shape index (κ2) is 8.75. The molecule has 180 valence electrons. The van der Waals surface area contributed by atoms with Crippen molar-refractivity contribution in [1.82, 2.24) is 5.01 Å². The summed E-state index contributed by atoms with van der Waals surface area (Å²) in [6.07, 6.45) is -1.26. The lowest BCUT2D eigenvalue weighted by Crippen LogP contribution is -2.51. The number of hydrogen-bond acceptors (Lipinski definition) is 8. The van der Waals surface area contributed by atoms with Crippen molar-refractivity contribution in [1.29, 1.82) is 0 Å². The summed E-state index contributed by atoms with van der Waals surface area (Å²) in [7, 11) is 0. The summed E-state index contributed by atoms with van der Waals surface area (Å²) < 4.78 is 60.2. The molecule has 3 aliphatic heterocycles. The number of nitro groups is 1. The van der Waals surface area contributed by atoms with Crippen molar-refractivity contribution in [2.75, 3.05) is 19.8 Å². The summed E-state index contributed by atoms with van der Waals surface area (Å²) in [5, 5.41) is 17.5. The van der Waals surface area contributed by atoms with Gasteiger partial charge in [-0.25, -0.2) is 18.2 Å². The van der Waals surface area contributed by atoms with Gasteiger partial charge in [0.15, 0.2) is 0 Å². The molecule has 5 rings (SSSR count). The fraction of sp³-hybridized carbons (Fsp3) is 0.409. The summed E-state index contributed by atoms with van der Waals surface area (Å²) in [5.74, 6) is -2.05. The second-order valence-electron chi connectivity index (χ2n) is 8.02. The third kappa shape index (κ3) is 3.89. The Morgan fingerprint density at radius 2 is 2.03 bits per heavy atom. The third-order valence-corrected chi connectivity index (χ3v) is 7.48. The van der Waals surface area contributed by atoms with Crippen molar-refractivity contribution in [2.45, 2.75) is 30.7 Å². The molecule has 34 heavy (non-hydrogen) atoms. The van der Waals surface area contributed by atoms with E-state index in [1.807, 2.05) is 0 Å². The molecule has 1 saturated heterocycles. The van der Waals surface area contributed by atoms with Crippen LogP contribution in [0.25, 0.3) is 0 Å². The molecule has 0 saturated carbocycles. The lowest BCUT2D eigenvalue weighted by Gasteiger charge is -2.45. The number of rotatable bonds is 7. The topological polar surface area (TPSA) is 89.7 Å². The van der Waals surface area contributed by atoms with Gasteiger partial charge in [-0.1, -0.05) is 11.8 Å². The van der Waals surface area contributed by atoms with Crippen molar-refractivity contribution >= 4 is 16.8 Å². The summed E-state index contributed by atoms with van der Waals surface area (Å²) in [6.45, 7) is 1.88. The molecule has 4 unspecified atom stereocenters. The Morgan fingerprint density at radius 1 is 1.26 bits per heavy atom. The van der Waals surface area contributed by atoms with Crippen molar-refractivity contribution in [3.8, 4) is 5.75 Å². The van der Waals surface area contributed by atoms with Crippen molar-refractivity contribution < 1.29 is 32.3 Å². The average molecular weight is 495 g/mol. The smallest absolute Gasteiger partial charge is 0.207 e. The van der Waals surface area contributed by atoms with Crippen LogP contribution in [0.1, 0.15) is 24.5 Å². The zero-order valence-corrected chi connectivity index (χ0v) is 18.8. The normalized spacial score (nSPS) is 27.4. The first-order valence-electron chi connectivity index (χ1n) is 10.7. The Bertz CT molecular complexity index is 1170. The molecule has 1 fully saturated rings. The number of ether oxygens (including phenoxy) is 3. The first-order valence-corrected chi connectivity index (χ1v) is 11.5. The van der Waals surface area contributed by atoms with E-state index >= 15 is 0 Å². The molecule has 0 aromatic heterocycles. The van der Waals surface area contributed by atoms with Gasteiger partial charge in [0.05, 0.1) is 6.61 Å². The number of fused-ring (bicyclic) bond motifs is 2. The predicted molar refractivity (Wildman–Crippen MR) is 116 cm³/mol. The average Bonchev–Trinajstić information content (AvgIpc) is 3.45. The van der Waals surface area contributed by atoms with E-state index in [1.54, 1.807) is 11.9 Å². The van der Waals surface area contributed by atoms with E-state index < -0.39 is 45.7 Å². The van der Waals surface area contributed by atoms with Crippen molar-refractivity contribution in [2.24, 2.45) is 11.0 Å². The largest absolute Gasteiger partial charge is 0.493 e. The third-order valence-electron chi connectivity index (χ3n) is 5.93. The first-order chi connectivity index (χ1) is 16.3. The van der Waals surface area contributed by atoms with Crippen molar-refractivity contribution in [3.05, 3.63) is 75.1 Å². The fourth-order valence-corrected chi connectivity index (χ4v) is 5.92. The van der Waals surface area contributed by atoms with Crippen LogP contribution in [-0.4, -0.2) is 47.3 Å². The first kappa shape index (κ1) is 22.9. The minimum Gasteiger partial charge on any atom is -0.493 e. The van der Waals surface area contributed by atoms with Crippen LogP contribution in [-0.2, 0) is 14.3 Å². The van der Waals surface area contributed by atoms with E-state index in [0.29, 0.717) is 17.9 Å². The minimum atomic E-state index is -1.23. The summed E-state index contributed by atoms with van der Waals surface area (Å²) in [5.41, 5.74) is 0.316. The highest BCUT2D eigenvalue weighted by molar-refractivity contribution is 8.15. The number of hydrazone groups is 1. The number of epoxide rings is 1. The molecule has 2 aromatic rings. The van der Waals surface area contributed by atoms with Crippen LogP contribution >= 0.6 is 11.8 Å². The van der Waals surface area contributed by atoms with Gasteiger partial charge in [0.25, 0.3) is 0 Å². The molecule has 3 heterocycles. The van der Waals surface area contributed by atoms with Crippen LogP contribution in [0.5, 0.6) is 5.75 Å². The number of nitrogens with zero attached hydrogens (tertiary/aromatic N) is 3. The number of thioether (sulfide) groups is 1. The highest BCUT2D eigenvalue weighted by atomic mass is 32.2. The SMILES string of the molecule is CCOC1OC1N1N=C(c2cc(F)ccc2F)SC12c1cc(F)ccc1OCC2CC[N+](=O)[O-]. The van der Waals surface area contributed by atoms with Gasteiger partial charge >= 0.3 is 0 Å². The van der Waals surface area contributed by atoms with Crippen LogP contribution in [0, 0.1) is 33.5 Å². The highest BCUT2D eigenvalue weighted by Crippen LogP contribution is 2.60. The fourth-order valence-electron chi connectivity index (χ4n) is 4.37. The van der Waals surface area contributed by atoms with E-state index in [1.165, 1.54) is 18.2 Å². The van der Waals surface area contributed by atoms with Crippen LogP contribution in [0.4, 0.5) is 13.2 Å². The van der Waals surface area contributed by atoms with Gasteiger partial charge < -0.3 is 14.2 Å². The van der Waals surface area contributed by atoms with E-state index in [0.717, 1.165) is 30.0 Å². The lowest BCUT2D eigenvalue weighted by atomic mass is 9.86. The molecule has 12 heteroatoms. The Hall–Kier alpha value is -2.83. The van der Waals surface area contributed by atoms with E-state index in [-0.39, 0.29) is 30.2 Å². The predicted octanol–water partition coefficient (Wildman–Crippen LogP) is 4.06. The van der Waals surface area contributed by atoms with Crippen molar-refractivity contribution in [3.63, 3.8) is 0 Å². The molecular weight excluding hydrogens is 475 g/mol. The van der Waals surface area contributed by atoms with Gasteiger partial charge in [-0.05, 0) is 43.3 Å². The summed E-state index contributed by atoms with van der Waals surface area (Å²) in [4.78, 5) is 9.53. The van der Waals surface area contributed by atoms with Gasteiger partial charge in [-0.3, -0.25) is 10.1 Å². The maximum atomic E-state index is 14.7. The summed E-state index contributed by atoms with van der Waals surface area (Å²) >= 11 is 1.08. The molecule has 0 N–H and O–H groups in total. The van der Waals surface area contributed by atoms with Crippen LogP contribution in [0.3, 0.4) is 0 Å². The minimum absolute atomic E-state index is 0.0713. The van der Waals surface area contributed by atoms with Gasteiger partial charge in [0.1, 0.15) is 33.1 Å². The quantitative estimate of drug-likeness (QED) is 0.325. The molecule has 1 spiro atoms. The van der Waals surface area contributed by atoms with Gasteiger partial charge in [-0.2, -0.15) is 5.10 Å². The van der Waals surface area contributed by atoms with E-state index in [9.17, 15) is 23.3 Å². The molecule has 0 radical (unpaired) electrons. The molecule has 4 atom stereocenters. The maximum Gasteiger partial charge on any atom is 0.207 e. The number of halogens is 3. The van der Waals surface area contributed by atoms with E-state index in [2.05, 4.69) is 5.10 Å². The van der Waals surface area contributed by atoms with Crippen LogP contribution in [0.2, 0.25) is 0 Å². The van der Waals surface area contributed by atoms with E-state index in [4.69, 9.17) is 14.2 Å². The highest BCUT2D eigenvalue weighted by Gasteiger charge is 2.62. The zero-order valence-electron chi connectivity index (χ0n) is 17.9. The molecule has 2 aromatic carbocycles. The molecule has 0 aliphatic carbocycles. The van der Waals surface area contributed by atoms with Gasteiger partial charge in [-0.15, -0.1) is 0 Å². The Labute approximate surface area is 196 Å². The summed E-state index contributed by atoms with van der Waals surface area (Å²) in [6, 6.07) is 7.04. The second-order valence-corrected chi connectivity index (χ2v) is 9.23. The maximum absolute atomic E-state index is 14.7.